The molecule has 2 nitrogen and oxygen atoms in total. The van der Waals surface area contributed by atoms with E-state index in [1.807, 2.05) is 0 Å². The highest BCUT2D eigenvalue weighted by Gasteiger charge is 2.16. The first-order chi connectivity index (χ1) is 6.86. The molecule has 2 rings (SSSR count). The fourth-order valence-corrected chi connectivity index (χ4v) is 2.03. The molecule has 1 unspecified atom stereocenters. The average Bonchev–Trinajstić information content (AvgIpc) is 2.44. The van der Waals surface area contributed by atoms with Gasteiger partial charge in [0.1, 0.15) is 0 Å². The first-order valence-electron chi connectivity index (χ1n) is 5.30. The Morgan fingerprint density at radius 2 is 2.07 bits per heavy atom. The standard InChI is InChI=1S/C12H18N2/c1-14-8-7-13-9-12(10-14)11-5-3-2-4-6-11/h2-6,12-13H,7-10H2,1H3. The zero-order chi connectivity index (χ0) is 9.80. The van der Waals surface area contributed by atoms with Crippen LogP contribution >= 0.6 is 0 Å². The summed E-state index contributed by atoms with van der Waals surface area (Å²) >= 11 is 0. The zero-order valence-corrected chi connectivity index (χ0v) is 8.74. The number of hydrogen-bond acceptors (Lipinski definition) is 2. The third kappa shape index (κ3) is 2.34. The molecule has 1 aromatic carbocycles. The summed E-state index contributed by atoms with van der Waals surface area (Å²) in [5, 5.41) is 3.48. The third-order valence-corrected chi connectivity index (χ3v) is 2.86. The smallest absolute Gasteiger partial charge is 0.0104 e. The van der Waals surface area contributed by atoms with Crippen molar-refractivity contribution in [2.24, 2.45) is 0 Å². The summed E-state index contributed by atoms with van der Waals surface area (Å²) in [5.74, 6) is 0.642. The third-order valence-electron chi connectivity index (χ3n) is 2.86. The summed E-state index contributed by atoms with van der Waals surface area (Å²) in [5.41, 5.74) is 1.45. The molecule has 1 aliphatic rings. The van der Waals surface area contributed by atoms with Crippen LogP contribution in [0.1, 0.15) is 11.5 Å². The van der Waals surface area contributed by atoms with Crippen molar-refractivity contribution < 1.29 is 0 Å². The highest BCUT2D eigenvalue weighted by molar-refractivity contribution is 5.20. The lowest BCUT2D eigenvalue weighted by atomic mass is 9.99. The van der Waals surface area contributed by atoms with Gasteiger partial charge in [0, 0.05) is 32.1 Å². The molecule has 0 spiro atoms. The van der Waals surface area contributed by atoms with Crippen LogP contribution in [0.4, 0.5) is 0 Å². The summed E-state index contributed by atoms with van der Waals surface area (Å²) in [4.78, 5) is 2.40. The van der Waals surface area contributed by atoms with Gasteiger partial charge in [-0.05, 0) is 12.6 Å². The van der Waals surface area contributed by atoms with Crippen LogP contribution in [-0.4, -0.2) is 38.1 Å². The van der Waals surface area contributed by atoms with Crippen LogP contribution in [0.15, 0.2) is 30.3 Å². The van der Waals surface area contributed by atoms with E-state index in [9.17, 15) is 0 Å². The van der Waals surface area contributed by atoms with Gasteiger partial charge in [0.15, 0.2) is 0 Å². The molecule has 14 heavy (non-hydrogen) atoms. The SMILES string of the molecule is CN1CCNCC(c2ccccc2)C1. The minimum absolute atomic E-state index is 0.642. The van der Waals surface area contributed by atoms with E-state index >= 15 is 0 Å². The van der Waals surface area contributed by atoms with Gasteiger partial charge in [-0.25, -0.2) is 0 Å². The molecule has 0 radical (unpaired) electrons. The predicted molar refractivity (Wildman–Crippen MR) is 59.5 cm³/mol. The van der Waals surface area contributed by atoms with Crippen molar-refractivity contribution in [1.29, 1.82) is 0 Å². The van der Waals surface area contributed by atoms with E-state index in [0.717, 1.165) is 26.2 Å². The van der Waals surface area contributed by atoms with Crippen LogP contribution in [0.3, 0.4) is 0 Å². The number of nitrogens with zero attached hydrogens (tertiary/aromatic N) is 1. The summed E-state index contributed by atoms with van der Waals surface area (Å²) in [6.07, 6.45) is 0. The van der Waals surface area contributed by atoms with Crippen molar-refractivity contribution in [1.82, 2.24) is 10.2 Å². The monoisotopic (exact) mass is 190 g/mol. The summed E-state index contributed by atoms with van der Waals surface area (Å²) in [7, 11) is 2.20. The maximum atomic E-state index is 3.48. The number of benzene rings is 1. The summed E-state index contributed by atoms with van der Waals surface area (Å²) in [6, 6.07) is 10.8. The van der Waals surface area contributed by atoms with Crippen LogP contribution in [0, 0.1) is 0 Å². The van der Waals surface area contributed by atoms with Gasteiger partial charge >= 0.3 is 0 Å². The molecule has 0 aliphatic carbocycles. The van der Waals surface area contributed by atoms with Gasteiger partial charge in [0.2, 0.25) is 0 Å². The highest BCUT2D eigenvalue weighted by atomic mass is 15.1. The van der Waals surface area contributed by atoms with Crippen molar-refractivity contribution in [3.8, 4) is 0 Å². The van der Waals surface area contributed by atoms with Gasteiger partial charge in [-0.3, -0.25) is 0 Å². The van der Waals surface area contributed by atoms with Crippen LogP contribution < -0.4 is 5.32 Å². The number of likely N-dealkylation sites (N-methyl/N-ethyl adjacent to an activating group) is 1. The van der Waals surface area contributed by atoms with Gasteiger partial charge in [-0.2, -0.15) is 0 Å². The topological polar surface area (TPSA) is 15.3 Å². The van der Waals surface area contributed by atoms with Gasteiger partial charge < -0.3 is 10.2 Å². The molecular weight excluding hydrogens is 172 g/mol. The van der Waals surface area contributed by atoms with Crippen LogP contribution in [0.2, 0.25) is 0 Å². The number of hydrogen-bond donors (Lipinski definition) is 1. The lowest BCUT2D eigenvalue weighted by Crippen LogP contribution is -2.24. The fourth-order valence-electron chi connectivity index (χ4n) is 2.03. The molecule has 1 fully saturated rings. The lowest BCUT2D eigenvalue weighted by molar-refractivity contribution is 0.342. The molecule has 2 heteroatoms. The van der Waals surface area contributed by atoms with Crippen molar-refractivity contribution in [2.75, 3.05) is 33.2 Å². The van der Waals surface area contributed by atoms with Crippen LogP contribution in [-0.2, 0) is 0 Å². The van der Waals surface area contributed by atoms with Crippen molar-refractivity contribution in [2.45, 2.75) is 5.92 Å². The van der Waals surface area contributed by atoms with Crippen molar-refractivity contribution >= 4 is 0 Å². The zero-order valence-electron chi connectivity index (χ0n) is 8.74. The molecule has 1 aliphatic heterocycles. The van der Waals surface area contributed by atoms with E-state index in [-0.39, 0.29) is 0 Å². The van der Waals surface area contributed by atoms with Gasteiger partial charge in [-0.15, -0.1) is 0 Å². The first-order valence-corrected chi connectivity index (χ1v) is 5.30. The van der Waals surface area contributed by atoms with E-state index in [0.29, 0.717) is 5.92 Å². The quantitative estimate of drug-likeness (QED) is 0.718. The molecule has 0 aromatic heterocycles. The van der Waals surface area contributed by atoms with Crippen molar-refractivity contribution in [3.05, 3.63) is 35.9 Å². The second kappa shape index (κ2) is 4.58. The molecular formula is C12H18N2. The molecule has 76 valence electrons. The van der Waals surface area contributed by atoms with Crippen LogP contribution in [0.5, 0.6) is 0 Å². The Balaban J connectivity index is 2.09. The normalized spacial score (nSPS) is 24.5. The van der Waals surface area contributed by atoms with E-state index < -0.39 is 0 Å². The summed E-state index contributed by atoms with van der Waals surface area (Å²) < 4.78 is 0. The maximum absolute atomic E-state index is 3.48. The van der Waals surface area contributed by atoms with Gasteiger partial charge in [-0.1, -0.05) is 30.3 Å². The second-order valence-electron chi connectivity index (χ2n) is 4.07. The molecule has 1 aromatic rings. The molecule has 1 saturated heterocycles. The summed E-state index contributed by atoms with van der Waals surface area (Å²) in [6.45, 7) is 4.54. The van der Waals surface area contributed by atoms with E-state index in [1.54, 1.807) is 0 Å². The average molecular weight is 190 g/mol. The second-order valence-corrected chi connectivity index (χ2v) is 4.07. The molecule has 1 N–H and O–H groups in total. The predicted octanol–water partition coefficient (Wildman–Crippen LogP) is 1.31. The fraction of sp³-hybridized carbons (Fsp3) is 0.500. The Morgan fingerprint density at radius 3 is 2.86 bits per heavy atom. The van der Waals surface area contributed by atoms with Gasteiger partial charge in [0.25, 0.3) is 0 Å². The van der Waals surface area contributed by atoms with E-state index in [4.69, 9.17) is 0 Å². The Bertz CT molecular complexity index is 271. The Hall–Kier alpha value is -0.860. The minimum atomic E-state index is 0.642. The molecule has 0 bridgehead atoms. The van der Waals surface area contributed by atoms with E-state index in [1.165, 1.54) is 5.56 Å². The number of nitrogens with one attached hydrogen (secondary N) is 1. The number of rotatable bonds is 1. The highest BCUT2D eigenvalue weighted by Crippen LogP contribution is 2.16. The Morgan fingerprint density at radius 1 is 1.29 bits per heavy atom. The maximum Gasteiger partial charge on any atom is 0.0104 e. The van der Waals surface area contributed by atoms with Crippen LogP contribution in [0.25, 0.3) is 0 Å². The lowest BCUT2D eigenvalue weighted by Gasteiger charge is -2.19. The van der Waals surface area contributed by atoms with E-state index in [2.05, 4.69) is 47.6 Å². The molecule has 0 saturated carbocycles. The largest absolute Gasteiger partial charge is 0.315 e. The van der Waals surface area contributed by atoms with Crippen molar-refractivity contribution in [3.63, 3.8) is 0 Å². The minimum Gasteiger partial charge on any atom is -0.315 e. The molecule has 0 amide bonds. The molecule has 1 heterocycles. The Kier molecular flexibility index (Phi) is 3.17. The van der Waals surface area contributed by atoms with Gasteiger partial charge in [0.05, 0.1) is 0 Å². The Labute approximate surface area is 85.9 Å². The first kappa shape index (κ1) is 9.69. The molecule has 1 atom stereocenters.